The zero-order chi connectivity index (χ0) is 13.6. The summed E-state index contributed by atoms with van der Waals surface area (Å²) < 4.78 is 1.95. The van der Waals surface area contributed by atoms with Gasteiger partial charge in [0.1, 0.15) is 11.4 Å². The summed E-state index contributed by atoms with van der Waals surface area (Å²) in [6.07, 6.45) is 3.98. The van der Waals surface area contributed by atoms with Gasteiger partial charge in [0.15, 0.2) is 5.82 Å². The molecule has 1 atom stereocenters. The molecule has 0 spiro atoms. The molecule has 0 saturated heterocycles. The monoisotopic (exact) mass is 249 g/mol. The summed E-state index contributed by atoms with van der Waals surface area (Å²) in [5.74, 6) is 1.91. The van der Waals surface area contributed by atoms with Crippen molar-refractivity contribution in [3.63, 3.8) is 0 Å². The maximum Gasteiger partial charge on any atom is 0.150 e. The number of nitrogens with two attached hydrogens (primary N) is 1. The molecule has 0 aliphatic carbocycles. The highest BCUT2D eigenvalue weighted by Gasteiger charge is 2.21. The van der Waals surface area contributed by atoms with Gasteiger partial charge < -0.3 is 5.73 Å². The minimum absolute atomic E-state index is 0.682. The van der Waals surface area contributed by atoms with E-state index in [0.717, 1.165) is 37.5 Å². The van der Waals surface area contributed by atoms with Crippen LogP contribution >= 0.6 is 0 Å². The second kappa shape index (κ2) is 6.50. The predicted octanol–water partition coefficient (Wildman–Crippen LogP) is 1.81. The van der Waals surface area contributed by atoms with E-state index in [9.17, 15) is 0 Å². The lowest BCUT2D eigenvalue weighted by atomic mass is 9.93. The van der Waals surface area contributed by atoms with Gasteiger partial charge in [-0.15, -0.1) is 0 Å². The molecule has 1 heterocycles. The Bertz CT molecular complexity index is 418. The quantitative estimate of drug-likeness (QED) is 0.799. The van der Waals surface area contributed by atoms with Crippen molar-refractivity contribution >= 4 is 0 Å². The SMILES string of the molecule is CCc1nc(CC)n(CCCC(N)(C#N)CC)n1. The van der Waals surface area contributed by atoms with Gasteiger partial charge in [-0.2, -0.15) is 10.4 Å². The molecule has 0 amide bonds. The van der Waals surface area contributed by atoms with E-state index in [0.29, 0.717) is 12.8 Å². The molecule has 2 N–H and O–H groups in total. The lowest BCUT2D eigenvalue weighted by Gasteiger charge is -2.18. The summed E-state index contributed by atoms with van der Waals surface area (Å²) in [6, 6.07) is 2.19. The maximum atomic E-state index is 9.02. The summed E-state index contributed by atoms with van der Waals surface area (Å²) in [6.45, 7) is 6.87. The van der Waals surface area contributed by atoms with Crippen molar-refractivity contribution in [1.82, 2.24) is 14.8 Å². The molecule has 0 radical (unpaired) electrons. The van der Waals surface area contributed by atoms with Crippen LogP contribution in [-0.4, -0.2) is 20.3 Å². The third-order valence-electron chi connectivity index (χ3n) is 3.27. The third-order valence-corrected chi connectivity index (χ3v) is 3.27. The second-order valence-electron chi connectivity index (χ2n) is 4.60. The first-order valence-electron chi connectivity index (χ1n) is 6.71. The van der Waals surface area contributed by atoms with Gasteiger partial charge in [0.05, 0.1) is 6.07 Å². The van der Waals surface area contributed by atoms with E-state index in [1.54, 1.807) is 0 Å². The Kier molecular flexibility index (Phi) is 5.29. The number of aromatic nitrogens is 3. The van der Waals surface area contributed by atoms with Crippen molar-refractivity contribution in [2.45, 2.75) is 65.0 Å². The molecule has 0 aliphatic rings. The Morgan fingerprint density at radius 3 is 2.56 bits per heavy atom. The maximum absolute atomic E-state index is 9.02. The summed E-state index contributed by atoms with van der Waals surface area (Å²) >= 11 is 0. The Morgan fingerprint density at radius 2 is 2.06 bits per heavy atom. The van der Waals surface area contributed by atoms with Crippen LogP contribution < -0.4 is 5.73 Å². The molecule has 0 aliphatic heterocycles. The smallest absolute Gasteiger partial charge is 0.150 e. The van der Waals surface area contributed by atoms with Crippen molar-refractivity contribution in [2.75, 3.05) is 0 Å². The van der Waals surface area contributed by atoms with Crippen molar-refractivity contribution in [3.8, 4) is 6.07 Å². The lowest BCUT2D eigenvalue weighted by Crippen LogP contribution is -2.37. The van der Waals surface area contributed by atoms with Crippen LogP contribution in [0, 0.1) is 11.3 Å². The Labute approximate surface area is 109 Å². The zero-order valence-electron chi connectivity index (χ0n) is 11.6. The van der Waals surface area contributed by atoms with Crippen molar-refractivity contribution < 1.29 is 0 Å². The van der Waals surface area contributed by atoms with Gasteiger partial charge in [-0.05, 0) is 19.3 Å². The molecule has 18 heavy (non-hydrogen) atoms. The number of aryl methyl sites for hydroxylation is 3. The highest BCUT2D eigenvalue weighted by molar-refractivity contribution is 5.03. The minimum Gasteiger partial charge on any atom is -0.313 e. The first-order chi connectivity index (χ1) is 8.58. The Balaban J connectivity index is 2.58. The normalized spacial score (nSPS) is 14.2. The molecule has 5 heteroatoms. The predicted molar refractivity (Wildman–Crippen MR) is 70.8 cm³/mol. The Morgan fingerprint density at radius 1 is 1.33 bits per heavy atom. The van der Waals surface area contributed by atoms with Crippen LogP contribution in [0.5, 0.6) is 0 Å². The Hall–Kier alpha value is -1.41. The molecule has 1 unspecified atom stereocenters. The molecule has 1 aromatic rings. The van der Waals surface area contributed by atoms with Crippen molar-refractivity contribution in [1.29, 1.82) is 5.26 Å². The topological polar surface area (TPSA) is 80.5 Å². The average Bonchev–Trinajstić information content (AvgIpc) is 2.81. The molecule has 100 valence electrons. The van der Waals surface area contributed by atoms with Gasteiger partial charge in [0.2, 0.25) is 0 Å². The molecule has 0 fully saturated rings. The van der Waals surface area contributed by atoms with E-state index in [1.165, 1.54) is 0 Å². The van der Waals surface area contributed by atoms with E-state index in [-0.39, 0.29) is 0 Å². The highest BCUT2D eigenvalue weighted by Crippen LogP contribution is 2.14. The van der Waals surface area contributed by atoms with Crippen molar-refractivity contribution in [3.05, 3.63) is 11.6 Å². The van der Waals surface area contributed by atoms with E-state index in [2.05, 4.69) is 30.0 Å². The van der Waals surface area contributed by atoms with Crippen LogP contribution in [0.15, 0.2) is 0 Å². The van der Waals surface area contributed by atoms with Gasteiger partial charge in [0.25, 0.3) is 0 Å². The van der Waals surface area contributed by atoms with Crippen LogP contribution in [0.1, 0.15) is 51.7 Å². The largest absolute Gasteiger partial charge is 0.313 e. The highest BCUT2D eigenvalue weighted by atomic mass is 15.3. The molecular weight excluding hydrogens is 226 g/mol. The molecule has 0 saturated carbocycles. The van der Waals surface area contributed by atoms with E-state index >= 15 is 0 Å². The molecular formula is C13H23N5. The van der Waals surface area contributed by atoms with E-state index in [4.69, 9.17) is 11.0 Å². The van der Waals surface area contributed by atoms with Gasteiger partial charge in [0, 0.05) is 19.4 Å². The average molecular weight is 249 g/mol. The third kappa shape index (κ3) is 3.54. The van der Waals surface area contributed by atoms with Crippen LogP contribution in [-0.2, 0) is 19.4 Å². The molecule has 1 aromatic heterocycles. The number of rotatable bonds is 7. The van der Waals surface area contributed by atoms with Crippen LogP contribution in [0.2, 0.25) is 0 Å². The zero-order valence-corrected chi connectivity index (χ0v) is 11.6. The lowest BCUT2D eigenvalue weighted by molar-refractivity contribution is 0.429. The van der Waals surface area contributed by atoms with E-state index in [1.807, 2.05) is 11.6 Å². The summed E-state index contributed by atoms with van der Waals surface area (Å²) in [5.41, 5.74) is 5.26. The summed E-state index contributed by atoms with van der Waals surface area (Å²) in [4.78, 5) is 4.46. The summed E-state index contributed by atoms with van der Waals surface area (Å²) in [5, 5.41) is 13.5. The summed E-state index contributed by atoms with van der Waals surface area (Å²) in [7, 11) is 0. The van der Waals surface area contributed by atoms with E-state index < -0.39 is 5.54 Å². The number of nitriles is 1. The fourth-order valence-electron chi connectivity index (χ4n) is 1.87. The minimum atomic E-state index is -0.694. The number of nitrogens with zero attached hydrogens (tertiary/aromatic N) is 4. The molecule has 0 bridgehead atoms. The standard InChI is InChI=1S/C13H23N5/c1-4-11-16-12(5-2)18(17-11)9-7-8-13(15,6-3)10-14/h4-9,15H2,1-3H3. The van der Waals surface area contributed by atoms with Crippen LogP contribution in [0.4, 0.5) is 0 Å². The fraction of sp³-hybridized carbons (Fsp3) is 0.769. The fourth-order valence-corrected chi connectivity index (χ4v) is 1.87. The van der Waals surface area contributed by atoms with Crippen LogP contribution in [0.3, 0.4) is 0 Å². The van der Waals surface area contributed by atoms with Gasteiger partial charge in [-0.1, -0.05) is 20.8 Å². The first-order valence-corrected chi connectivity index (χ1v) is 6.71. The van der Waals surface area contributed by atoms with Gasteiger partial charge in [-0.25, -0.2) is 9.67 Å². The van der Waals surface area contributed by atoms with Crippen molar-refractivity contribution in [2.24, 2.45) is 5.73 Å². The number of hydrogen-bond donors (Lipinski definition) is 1. The molecule has 5 nitrogen and oxygen atoms in total. The van der Waals surface area contributed by atoms with Gasteiger partial charge >= 0.3 is 0 Å². The molecule has 1 rings (SSSR count). The second-order valence-corrected chi connectivity index (χ2v) is 4.60. The number of hydrogen-bond acceptors (Lipinski definition) is 4. The van der Waals surface area contributed by atoms with Crippen LogP contribution in [0.25, 0.3) is 0 Å². The van der Waals surface area contributed by atoms with Gasteiger partial charge in [-0.3, -0.25) is 0 Å². The first kappa shape index (κ1) is 14.7. The molecule has 0 aromatic carbocycles.